The lowest BCUT2D eigenvalue weighted by Gasteiger charge is -2.00. The van der Waals surface area contributed by atoms with Gasteiger partial charge in [0.25, 0.3) is 0 Å². The summed E-state index contributed by atoms with van der Waals surface area (Å²) in [6, 6.07) is 12.7. The van der Waals surface area contributed by atoms with Gasteiger partial charge in [0.1, 0.15) is 0 Å². The van der Waals surface area contributed by atoms with Crippen molar-refractivity contribution < 1.29 is 0 Å². The Morgan fingerprint density at radius 3 is 2.75 bits per heavy atom. The molecule has 0 saturated heterocycles. The number of hydrogen-bond acceptors (Lipinski definition) is 0. The maximum Gasteiger partial charge on any atom is 0.0484 e. The average molecular weight is 241 g/mol. The molecule has 0 aliphatic rings. The summed E-state index contributed by atoms with van der Waals surface area (Å²) < 4.78 is 0.961. The van der Waals surface area contributed by atoms with Gasteiger partial charge in [-0.05, 0) is 33.4 Å². The first-order chi connectivity index (χ1) is 5.79. The van der Waals surface area contributed by atoms with Crippen molar-refractivity contribution in [2.24, 2.45) is 0 Å². The fourth-order valence-corrected chi connectivity index (χ4v) is 1.89. The molecular weight excluding hydrogens is 235 g/mol. The molecule has 0 N–H and O–H groups in total. The molecule has 2 aromatic carbocycles. The minimum absolute atomic E-state index is 0.780. The highest BCUT2D eigenvalue weighted by atomic mass is 79.9. The predicted octanol–water partition coefficient (Wildman–Crippen LogP) is 4.06. The topological polar surface area (TPSA) is 0 Å². The Morgan fingerprint density at radius 1 is 1.17 bits per heavy atom. The Labute approximate surface area is 84.3 Å². The Hall–Kier alpha value is -0.530. The van der Waals surface area contributed by atoms with Crippen LogP contribution in [0.2, 0.25) is 5.02 Å². The Bertz CT molecular complexity index is 382. The van der Waals surface area contributed by atoms with E-state index in [-0.39, 0.29) is 0 Å². The molecule has 2 rings (SSSR count). The molecule has 2 heteroatoms. The van der Waals surface area contributed by atoms with Crippen LogP contribution in [0.5, 0.6) is 0 Å². The molecule has 0 aromatic heterocycles. The number of halogens is 2. The first-order valence-electron chi connectivity index (χ1n) is 3.53. The second-order valence-corrected chi connectivity index (χ2v) is 3.69. The third-order valence-corrected chi connectivity index (χ3v) is 2.74. The van der Waals surface area contributed by atoms with Crippen molar-refractivity contribution in [2.45, 2.75) is 0 Å². The van der Waals surface area contributed by atoms with E-state index in [4.69, 9.17) is 11.6 Å². The fraction of sp³-hybridized carbons (Fsp3) is 0. The summed E-state index contributed by atoms with van der Waals surface area (Å²) in [5, 5.41) is 2.94. The van der Waals surface area contributed by atoms with E-state index in [0.29, 0.717) is 0 Å². The maximum absolute atomic E-state index is 5.99. The summed E-state index contributed by atoms with van der Waals surface area (Å²) in [4.78, 5) is 0. The van der Waals surface area contributed by atoms with E-state index in [1.807, 2.05) is 30.3 Å². The summed E-state index contributed by atoms with van der Waals surface area (Å²) in [5.74, 6) is 0. The van der Waals surface area contributed by atoms with Crippen molar-refractivity contribution in [1.29, 1.82) is 0 Å². The molecule has 0 aliphatic carbocycles. The molecule has 1 radical (unpaired) electrons. The molecule has 0 atom stereocenters. The van der Waals surface area contributed by atoms with Crippen LogP contribution in [-0.4, -0.2) is 0 Å². The quantitative estimate of drug-likeness (QED) is 0.651. The van der Waals surface area contributed by atoms with Crippen molar-refractivity contribution in [2.75, 3.05) is 0 Å². The van der Waals surface area contributed by atoms with Gasteiger partial charge in [0.2, 0.25) is 0 Å². The number of hydrogen-bond donors (Lipinski definition) is 0. The average Bonchev–Trinajstić information content (AvgIpc) is 2.07. The Balaban J connectivity index is 2.94. The van der Waals surface area contributed by atoms with Gasteiger partial charge in [-0.2, -0.15) is 0 Å². The highest BCUT2D eigenvalue weighted by molar-refractivity contribution is 9.10. The summed E-state index contributed by atoms with van der Waals surface area (Å²) >= 11 is 9.41. The van der Waals surface area contributed by atoms with E-state index in [1.165, 1.54) is 0 Å². The van der Waals surface area contributed by atoms with E-state index < -0.39 is 0 Å². The van der Waals surface area contributed by atoms with Crippen molar-refractivity contribution in [1.82, 2.24) is 0 Å². The third kappa shape index (κ3) is 1.23. The van der Waals surface area contributed by atoms with Crippen molar-refractivity contribution in [3.63, 3.8) is 0 Å². The van der Waals surface area contributed by atoms with Crippen molar-refractivity contribution >= 4 is 38.3 Å². The summed E-state index contributed by atoms with van der Waals surface area (Å²) in [6.45, 7) is 0. The second kappa shape index (κ2) is 3.08. The monoisotopic (exact) mass is 239 g/mol. The van der Waals surface area contributed by atoms with Crippen LogP contribution in [0, 0.1) is 6.07 Å². The maximum atomic E-state index is 5.99. The third-order valence-electron chi connectivity index (χ3n) is 1.75. The molecule has 0 aliphatic heterocycles. The van der Waals surface area contributed by atoms with Gasteiger partial charge in [-0.3, -0.25) is 0 Å². The fourth-order valence-electron chi connectivity index (χ4n) is 1.17. The van der Waals surface area contributed by atoms with E-state index in [1.54, 1.807) is 0 Å². The molecule has 0 saturated carbocycles. The van der Waals surface area contributed by atoms with Gasteiger partial charge in [0, 0.05) is 14.9 Å². The molecule has 0 heterocycles. The lowest BCUT2D eigenvalue weighted by molar-refractivity contribution is 1.69. The molecule has 0 nitrogen and oxygen atoms in total. The van der Waals surface area contributed by atoms with Crippen LogP contribution in [0.1, 0.15) is 0 Å². The molecule has 12 heavy (non-hydrogen) atoms. The predicted molar refractivity (Wildman–Crippen MR) is 55.5 cm³/mol. The van der Waals surface area contributed by atoms with E-state index >= 15 is 0 Å². The minimum Gasteiger partial charge on any atom is -0.0837 e. The lowest BCUT2D eigenvalue weighted by Crippen LogP contribution is -1.74. The van der Waals surface area contributed by atoms with Gasteiger partial charge in [0.05, 0.1) is 0 Å². The van der Waals surface area contributed by atoms with Gasteiger partial charge in [0.15, 0.2) is 0 Å². The minimum atomic E-state index is 0.780. The first kappa shape index (κ1) is 8.09. The highest BCUT2D eigenvalue weighted by Crippen LogP contribution is 2.28. The van der Waals surface area contributed by atoms with Gasteiger partial charge in [-0.25, -0.2) is 0 Å². The van der Waals surface area contributed by atoms with Crippen LogP contribution in [0.3, 0.4) is 0 Å². The molecular formula is C10H5BrCl. The number of fused-ring (bicyclic) bond motifs is 1. The zero-order chi connectivity index (χ0) is 8.55. The van der Waals surface area contributed by atoms with E-state index in [9.17, 15) is 0 Å². The van der Waals surface area contributed by atoms with E-state index in [0.717, 1.165) is 20.3 Å². The molecule has 0 amide bonds. The second-order valence-electron chi connectivity index (χ2n) is 2.49. The smallest absolute Gasteiger partial charge is 0.0484 e. The highest BCUT2D eigenvalue weighted by Gasteiger charge is 1.99. The summed E-state index contributed by atoms with van der Waals surface area (Å²) in [5.41, 5.74) is 0. The molecule has 0 bridgehead atoms. The van der Waals surface area contributed by atoms with Crippen molar-refractivity contribution in [3.8, 4) is 0 Å². The van der Waals surface area contributed by atoms with Gasteiger partial charge in [-0.1, -0.05) is 35.9 Å². The van der Waals surface area contributed by atoms with Crippen LogP contribution < -0.4 is 0 Å². The van der Waals surface area contributed by atoms with Crippen LogP contribution in [0.15, 0.2) is 34.8 Å². The first-order valence-corrected chi connectivity index (χ1v) is 4.70. The molecule has 2 aromatic rings. The van der Waals surface area contributed by atoms with Gasteiger partial charge < -0.3 is 0 Å². The summed E-state index contributed by atoms with van der Waals surface area (Å²) in [6.07, 6.45) is 0. The van der Waals surface area contributed by atoms with Crippen LogP contribution in [0.25, 0.3) is 10.8 Å². The normalized spacial score (nSPS) is 10.5. The van der Waals surface area contributed by atoms with Crippen LogP contribution >= 0.6 is 27.5 Å². The van der Waals surface area contributed by atoms with Gasteiger partial charge in [-0.15, -0.1) is 0 Å². The lowest BCUT2D eigenvalue weighted by atomic mass is 10.1. The SMILES string of the molecule is Clc1cccc2c(Br)[c]ccc12. The van der Waals surface area contributed by atoms with Crippen LogP contribution in [0.4, 0.5) is 0 Å². The zero-order valence-corrected chi connectivity index (χ0v) is 8.48. The zero-order valence-electron chi connectivity index (χ0n) is 6.14. The van der Waals surface area contributed by atoms with Crippen LogP contribution in [-0.2, 0) is 0 Å². The standard InChI is InChI=1S/C10H5BrCl/c11-9-5-1-4-8-7(9)3-2-6-10(8)12/h1-4,6H. The van der Waals surface area contributed by atoms with Crippen molar-refractivity contribution in [3.05, 3.63) is 45.9 Å². The molecule has 59 valence electrons. The van der Waals surface area contributed by atoms with E-state index in [2.05, 4.69) is 22.0 Å². The molecule has 0 unspecified atom stereocenters. The Morgan fingerprint density at radius 2 is 2.00 bits per heavy atom. The number of benzene rings is 2. The summed E-state index contributed by atoms with van der Waals surface area (Å²) in [7, 11) is 0. The molecule has 0 spiro atoms. The number of rotatable bonds is 0. The Kier molecular flexibility index (Phi) is 2.07. The largest absolute Gasteiger partial charge is 0.0837 e. The van der Waals surface area contributed by atoms with Gasteiger partial charge >= 0.3 is 0 Å². The molecule has 0 fully saturated rings.